The molecule has 23 heavy (non-hydrogen) atoms. The molecule has 0 unspecified atom stereocenters. The minimum Gasteiger partial charge on any atom is -0.323 e. The van der Waals surface area contributed by atoms with Crippen molar-refractivity contribution < 1.29 is 22.0 Å². The maximum absolute atomic E-state index is 12.4. The number of anilines is 1. The van der Waals surface area contributed by atoms with E-state index in [9.17, 15) is 22.0 Å². The van der Waals surface area contributed by atoms with E-state index in [0.29, 0.717) is 17.8 Å². The van der Waals surface area contributed by atoms with Crippen molar-refractivity contribution in [3.05, 3.63) is 42.2 Å². The van der Waals surface area contributed by atoms with E-state index < -0.39 is 20.5 Å². The van der Waals surface area contributed by atoms with Crippen molar-refractivity contribution in [2.45, 2.75) is 30.5 Å². The van der Waals surface area contributed by atoms with Crippen LogP contribution in [-0.4, -0.2) is 29.9 Å². The zero-order valence-corrected chi connectivity index (χ0v) is 13.1. The van der Waals surface area contributed by atoms with Gasteiger partial charge in [-0.2, -0.15) is 13.9 Å². The Morgan fingerprint density at radius 1 is 1.30 bits per heavy atom. The van der Waals surface area contributed by atoms with Gasteiger partial charge in [0.1, 0.15) is 0 Å². The van der Waals surface area contributed by atoms with Crippen LogP contribution >= 0.6 is 0 Å². The fourth-order valence-electron chi connectivity index (χ4n) is 1.89. The van der Waals surface area contributed by atoms with Crippen molar-refractivity contribution >= 4 is 21.4 Å². The molecule has 0 saturated heterocycles. The topological polar surface area (TPSA) is 81.1 Å². The summed E-state index contributed by atoms with van der Waals surface area (Å²) in [6.45, 7) is 2.59. The van der Waals surface area contributed by atoms with E-state index >= 15 is 0 Å². The summed E-state index contributed by atoms with van der Waals surface area (Å²) < 4.78 is 49.1. The number of rotatable bonds is 6. The summed E-state index contributed by atoms with van der Waals surface area (Å²) >= 11 is 0. The van der Waals surface area contributed by atoms with Gasteiger partial charge < -0.3 is 5.32 Å². The van der Waals surface area contributed by atoms with Gasteiger partial charge in [-0.1, -0.05) is 12.1 Å². The van der Waals surface area contributed by atoms with Crippen molar-refractivity contribution in [3.63, 3.8) is 0 Å². The number of carbonyl (C=O) groups excluding carboxylic acids is 1. The smallest absolute Gasteiger partial charge is 0.323 e. The Kier molecular flexibility index (Phi) is 5.09. The van der Waals surface area contributed by atoms with Gasteiger partial charge in [-0.05, 0) is 24.6 Å². The average molecular weight is 343 g/mol. The van der Waals surface area contributed by atoms with Crippen LogP contribution in [0.15, 0.2) is 41.6 Å². The Morgan fingerprint density at radius 2 is 1.96 bits per heavy atom. The molecule has 124 valence electrons. The van der Waals surface area contributed by atoms with Gasteiger partial charge in [-0.15, -0.1) is 0 Å². The first-order valence-corrected chi connectivity index (χ1v) is 8.31. The Bertz CT molecular complexity index is 786. The van der Waals surface area contributed by atoms with E-state index in [1.807, 2.05) is 6.92 Å². The number of carbonyl (C=O) groups is 1. The van der Waals surface area contributed by atoms with Gasteiger partial charge in [0.15, 0.2) is 0 Å². The molecule has 0 fully saturated rings. The van der Waals surface area contributed by atoms with Gasteiger partial charge in [0, 0.05) is 12.7 Å². The van der Waals surface area contributed by atoms with Crippen LogP contribution in [0.25, 0.3) is 0 Å². The first-order valence-electron chi connectivity index (χ1n) is 6.76. The number of nitrogens with zero attached hydrogens (tertiary/aromatic N) is 2. The highest BCUT2D eigenvalue weighted by atomic mass is 32.2. The highest BCUT2D eigenvalue weighted by Crippen LogP contribution is 2.19. The normalized spacial score (nSPS) is 11.7. The van der Waals surface area contributed by atoms with Crippen molar-refractivity contribution in [2.24, 2.45) is 0 Å². The molecule has 9 heteroatoms. The Balaban J connectivity index is 2.02. The number of amides is 1. The van der Waals surface area contributed by atoms with E-state index in [-0.39, 0.29) is 12.3 Å². The summed E-state index contributed by atoms with van der Waals surface area (Å²) in [7, 11) is -4.62. The molecule has 0 spiro atoms. The Morgan fingerprint density at radius 3 is 2.48 bits per heavy atom. The molecular weight excluding hydrogens is 328 g/mol. The van der Waals surface area contributed by atoms with Crippen LogP contribution in [0.5, 0.6) is 0 Å². The summed E-state index contributed by atoms with van der Waals surface area (Å²) in [5.74, 6) is -3.78. The third kappa shape index (κ3) is 4.13. The zero-order chi connectivity index (χ0) is 17.0. The summed E-state index contributed by atoms with van der Waals surface area (Å²) in [6, 6.07) is 4.81. The van der Waals surface area contributed by atoms with Gasteiger partial charge in [0.05, 0.1) is 23.2 Å². The van der Waals surface area contributed by atoms with E-state index in [1.165, 1.54) is 18.3 Å². The second-order valence-corrected chi connectivity index (χ2v) is 6.68. The molecule has 1 N–H and O–H groups in total. The van der Waals surface area contributed by atoms with E-state index in [2.05, 4.69) is 10.4 Å². The lowest BCUT2D eigenvalue weighted by molar-refractivity contribution is -0.115. The molecule has 2 aromatic rings. The van der Waals surface area contributed by atoms with Crippen LogP contribution in [0, 0.1) is 0 Å². The number of benzene rings is 1. The minimum atomic E-state index is -4.62. The summed E-state index contributed by atoms with van der Waals surface area (Å²) in [5, 5.41) is 6.66. The SMILES string of the molecule is CCn1cc(NC(=O)Cc2ccc(S(=O)(=O)C(F)F)cc2)cn1. The monoisotopic (exact) mass is 343 g/mol. The fraction of sp³-hybridized carbons (Fsp3) is 0.286. The molecule has 0 radical (unpaired) electrons. The minimum absolute atomic E-state index is 0.00763. The number of alkyl halides is 2. The second kappa shape index (κ2) is 6.86. The van der Waals surface area contributed by atoms with E-state index in [1.54, 1.807) is 10.9 Å². The molecule has 1 aromatic heterocycles. The quantitative estimate of drug-likeness (QED) is 0.871. The highest BCUT2D eigenvalue weighted by Gasteiger charge is 2.26. The summed E-state index contributed by atoms with van der Waals surface area (Å²) in [5.41, 5.74) is 1.06. The van der Waals surface area contributed by atoms with Crippen molar-refractivity contribution in [1.82, 2.24) is 9.78 Å². The lowest BCUT2D eigenvalue weighted by Crippen LogP contribution is -2.14. The molecule has 1 aromatic carbocycles. The standard InChI is InChI=1S/C14H15F2N3O3S/c1-2-19-9-11(8-17-19)18-13(20)7-10-3-5-12(6-4-10)23(21,22)14(15)16/h3-6,8-9,14H,2,7H2,1H3,(H,18,20). The molecule has 0 aliphatic carbocycles. The first-order chi connectivity index (χ1) is 10.8. The van der Waals surface area contributed by atoms with Crippen LogP contribution in [0.2, 0.25) is 0 Å². The fourth-order valence-corrected chi connectivity index (χ4v) is 2.61. The summed E-state index contributed by atoms with van der Waals surface area (Å²) in [4.78, 5) is 11.4. The second-order valence-electron chi connectivity index (χ2n) is 4.76. The molecule has 0 aliphatic rings. The molecule has 6 nitrogen and oxygen atoms in total. The van der Waals surface area contributed by atoms with Crippen LogP contribution in [0.3, 0.4) is 0 Å². The molecular formula is C14H15F2N3O3S. The summed E-state index contributed by atoms with van der Waals surface area (Å²) in [6.07, 6.45) is 3.18. The first kappa shape index (κ1) is 17.1. The zero-order valence-electron chi connectivity index (χ0n) is 12.2. The number of halogens is 2. The molecule has 0 aliphatic heterocycles. The number of hydrogen-bond acceptors (Lipinski definition) is 4. The predicted molar refractivity (Wildman–Crippen MR) is 79.9 cm³/mol. The Hall–Kier alpha value is -2.29. The van der Waals surface area contributed by atoms with Gasteiger partial charge in [0.25, 0.3) is 0 Å². The van der Waals surface area contributed by atoms with Gasteiger partial charge in [-0.3, -0.25) is 9.48 Å². The Labute approximate surface area is 132 Å². The number of sulfone groups is 1. The molecule has 0 atom stereocenters. The van der Waals surface area contributed by atoms with Crippen molar-refractivity contribution in [3.8, 4) is 0 Å². The van der Waals surface area contributed by atoms with E-state index in [0.717, 1.165) is 12.1 Å². The van der Waals surface area contributed by atoms with Crippen LogP contribution < -0.4 is 5.32 Å². The molecule has 1 heterocycles. The lowest BCUT2D eigenvalue weighted by atomic mass is 10.1. The average Bonchev–Trinajstić information content (AvgIpc) is 2.95. The van der Waals surface area contributed by atoms with Crippen LogP contribution in [0.1, 0.15) is 12.5 Å². The third-order valence-electron chi connectivity index (χ3n) is 3.09. The van der Waals surface area contributed by atoms with Gasteiger partial charge in [0.2, 0.25) is 15.7 Å². The maximum Gasteiger partial charge on any atom is 0.341 e. The molecule has 0 saturated carbocycles. The van der Waals surface area contributed by atoms with E-state index in [4.69, 9.17) is 0 Å². The van der Waals surface area contributed by atoms with Crippen LogP contribution in [0.4, 0.5) is 14.5 Å². The number of nitrogens with one attached hydrogen (secondary N) is 1. The van der Waals surface area contributed by atoms with Gasteiger partial charge >= 0.3 is 5.76 Å². The van der Waals surface area contributed by atoms with Gasteiger partial charge in [-0.25, -0.2) is 8.42 Å². The number of hydrogen-bond donors (Lipinski definition) is 1. The van der Waals surface area contributed by atoms with Crippen molar-refractivity contribution in [2.75, 3.05) is 5.32 Å². The highest BCUT2D eigenvalue weighted by molar-refractivity contribution is 7.91. The third-order valence-corrected chi connectivity index (χ3v) is 4.49. The number of aromatic nitrogens is 2. The maximum atomic E-state index is 12.4. The molecule has 1 amide bonds. The van der Waals surface area contributed by atoms with Crippen LogP contribution in [-0.2, 0) is 27.6 Å². The number of aryl methyl sites for hydroxylation is 1. The largest absolute Gasteiger partial charge is 0.341 e. The molecule has 0 bridgehead atoms. The predicted octanol–water partition coefficient (Wildman–Crippen LogP) is 2.08. The van der Waals surface area contributed by atoms with Crippen molar-refractivity contribution in [1.29, 1.82) is 0 Å². The lowest BCUT2D eigenvalue weighted by Gasteiger charge is -2.05. The molecule has 2 rings (SSSR count).